The maximum atomic E-state index is 12.6. The average molecular weight is 473 g/mol. The number of para-hydroxylation sites is 1. The topological polar surface area (TPSA) is 160 Å². The molecule has 3 rings (SSSR count). The standard InChI is InChI=1S/C22H24N4O6S/c1-13-7-8-16(10-20(13)33(23,30)31)26-21(28)12-32-22(29)19(25-14(2)27)9-15-11-24-18-6-4-3-5-17(15)18/h3-8,10-11,19,24H,9,12H2,1-2H3,(H,25,27)(H,26,28)(H2,23,30,31)/t19-/m0/s1. The molecule has 0 radical (unpaired) electrons. The third kappa shape index (κ3) is 6.18. The number of sulfonamides is 1. The summed E-state index contributed by atoms with van der Waals surface area (Å²) in [6.07, 6.45) is 1.92. The summed E-state index contributed by atoms with van der Waals surface area (Å²) < 4.78 is 28.4. The molecule has 5 N–H and O–H groups in total. The Morgan fingerprint density at radius 2 is 1.88 bits per heavy atom. The van der Waals surface area contributed by atoms with E-state index >= 15 is 0 Å². The number of nitrogens with two attached hydrogens (primary N) is 1. The minimum absolute atomic E-state index is 0.123. The quantitative estimate of drug-likeness (QED) is 0.362. The molecule has 2 amide bonds. The molecule has 1 aromatic heterocycles. The van der Waals surface area contributed by atoms with E-state index in [1.54, 1.807) is 13.1 Å². The Hall–Kier alpha value is -3.70. The number of nitrogens with one attached hydrogen (secondary N) is 3. The summed E-state index contributed by atoms with van der Waals surface area (Å²) in [7, 11) is -3.96. The Balaban J connectivity index is 1.65. The van der Waals surface area contributed by atoms with Crippen LogP contribution in [0.4, 0.5) is 5.69 Å². The largest absolute Gasteiger partial charge is 0.454 e. The van der Waals surface area contributed by atoms with Crippen LogP contribution in [-0.2, 0) is 35.6 Å². The van der Waals surface area contributed by atoms with Crippen molar-refractivity contribution >= 4 is 44.4 Å². The molecule has 0 saturated heterocycles. The molecule has 0 bridgehead atoms. The number of carbonyl (C=O) groups is 3. The number of ether oxygens (including phenoxy) is 1. The highest BCUT2D eigenvalue weighted by Crippen LogP contribution is 2.20. The molecule has 174 valence electrons. The maximum absolute atomic E-state index is 12.6. The van der Waals surface area contributed by atoms with E-state index in [4.69, 9.17) is 9.88 Å². The van der Waals surface area contributed by atoms with Crippen molar-refractivity contribution in [1.29, 1.82) is 0 Å². The first-order valence-electron chi connectivity index (χ1n) is 9.96. The number of H-pyrrole nitrogens is 1. The third-order valence-corrected chi connectivity index (χ3v) is 5.94. The van der Waals surface area contributed by atoms with E-state index in [0.29, 0.717) is 5.56 Å². The molecule has 0 aliphatic rings. The van der Waals surface area contributed by atoms with Gasteiger partial charge in [-0.2, -0.15) is 0 Å². The molecule has 0 aliphatic carbocycles. The summed E-state index contributed by atoms with van der Waals surface area (Å²) in [4.78, 5) is 39.4. The molecule has 0 fully saturated rings. The van der Waals surface area contributed by atoms with E-state index in [1.165, 1.54) is 25.1 Å². The van der Waals surface area contributed by atoms with Crippen molar-refractivity contribution in [2.75, 3.05) is 11.9 Å². The molecule has 33 heavy (non-hydrogen) atoms. The van der Waals surface area contributed by atoms with Gasteiger partial charge in [0, 0.05) is 36.1 Å². The van der Waals surface area contributed by atoms with E-state index in [1.807, 2.05) is 24.3 Å². The molecule has 10 nitrogen and oxygen atoms in total. The fourth-order valence-electron chi connectivity index (χ4n) is 3.38. The van der Waals surface area contributed by atoms with Crippen molar-refractivity contribution in [3.05, 3.63) is 59.8 Å². The summed E-state index contributed by atoms with van der Waals surface area (Å²) in [5.41, 5.74) is 2.31. The van der Waals surface area contributed by atoms with Gasteiger partial charge in [0.1, 0.15) is 6.04 Å². The van der Waals surface area contributed by atoms with Gasteiger partial charge in [-0.1, -0.05) is 24.3 Å². The lowest BCUT2D eigenvalue weighted by Gasteiger charge is -2.16. The first-order valence-corrected chi connectivity index (χ1v) is 11.5. The summed E-state index contributed by atoms with van der Waals surface area (Å²) >= 11 is 0. The SMILES string of the molecule is CC(=O)N[C@@H](Cc1c[nH]c2ccccc12)C(=O)OCC(=O)Nc1ccc(C)c(S(N)(=O)=O)c1. The lowest BCUT2D eigenvalue weighted by molar-refractivity contribution is -0.150. The van der Waals surface area contributed by atoms with Gasteiger partial charge < -0.3 is 20.4 Å². The van der Waals surface area contributed by atoms with Gasteiger partial charge in [-0.15, -0.1) is 0 Å². The number of fused-ring (bicyclic) bond motifs is 1. The van der Waals surface area contributed by atoms with Crippen LogP contribution < -0.4 is 15.8 Å². The molecule has 1 atom stereocenters. The van der Waals surface area contributed by atoms with Gasteiger partial charge in [0.25, 0.3) is 5.91 Å². The Morgan fingerprint density at radius 3 is 2.58 bits per heavy atom. The van der Waals surface area contributed by atoms with Crippen molar-refractivity contribution in [1.82, 2.24) is 10.3 Å². The molecular weight excluding hydrogens is 448 g/mol. The van der Waals surface area contributed by atoms with Crippen LogP contribution in [0.15, 0.2) is 53.6 Å². The Kier molecular flexibility index (Phi) is 7.14. The zero-order chi connectivity index (χ0) is 24.2. The van der Waals surface area contributed by atoms with Gasteiger partial charge in [-0.25, -0.2) is 18.4 Å². The van der Waals surface area contributed by atoms with Crippen LogP contribution in [0.2, 0.25) is 0 Å². The minimum Gasteiger partial charge on any atom is -0.454 e. The normalized spacial score (nSPS) is 12.2. The Labute approximate surface area is 190 Å². The lowest BCUT2D eigenvalue weighted by Crippen LogP contribution is -2.43. The fourth-order valence-corrected chi connectivity index (χ4v) is 4.19. The molecule has 1 heterocycles. The number of carbonyl (C=O) groups excluding carboxylic acids is 3. The zero-order valence-electron chi connectivity index (χ0n) is 18.0. The molecule has 3 aromatic rings. The summed E-state index contributed by atoms with van der Waals surface area (Å²) in [5, 5.41) is 11.1. The van der Waals surface area contributed by atoms with Crippen LogP contribution in [-0.4, -0.2) is 43.8 Å². The van der Waals surface area contributed by atoms with Crippen LogP contribution in [0.1, 0.15) is 18.1 Å². The van der Waals surface area contributed by atoms with Gasteiger partial charge >= 0.3 is 5.97 Å². The van der Waals surface area contributed by atoms with Crippen LogP contribution >= 0.6 is 0 Å². The number of anilines is 1. The Morgan fingerprint density at radius 1 is 1.15 bits per heavy atom. The van der Waals surface area contributed by atoms with Crippen LogP contribution in [0.3, 0.4) is 0 Å². The summed E-state index contributed by atoms with van der Waals surface area (Å²) in [5.74, 6) is -1.88. The van der Waals surface area contributed by atoms with Crippen molar-refractivity contribution < 1.29 is 27.5 Å². The first-order chi connectivity index (χ1) is 15.5. The number of aromatic amines is 1. The number of hydrogen-bond donors (Lipinski definition) is 4. The predicted molar refractivity (Wildman–Crippen MR) is 122 cm³/mol. The molecule has 0 spiro atoms. The Bertz CT molecular complexity index is 1320. The summed E-state index contributed by atoms with van der Waals surface area (Å²) in [6.45, 7) is 2.23. The van der Waals surface area contributed by atoms with Gasteiger partial charge in [0.2, 0.25) is 15.9 Å². The van der Waals surface area contributed by atoms with Crippen LogP contribution in [0.25, 0.3) is 10.9 Å². The minimum atomic E-state index is -3.96. The highest BCUT2D eigenvalue weighted by atomic mass is 32.2. The first kappa shape index (κ1) is 24.0. The van der Waals surface area contributed by atoms with E-state index in [0.717, 1.165) is 16.5 Å². The lowest BCUT2D eigenvalue weighted by atomic mass is 10.0. The monoisotopic (exact) mass is 472 g/mol. The summed E-state index contributed by atoms with van der Waals surface area (Å²) in [6, 6.07) is 10.7. The maximum Gasteiger partial charge on any atom is 0.329 e. The van der Waals surface area contributed by atoms with E-state index in [2.05, 4.69) is 15.6 Å². The second-order valence-corrected chi connectivity index (χ2v) is 9.03. The third-order valence-electron chi connectivity index (χ3n) is 4.88. The molecule has 0 saturated carbocycles. The van der Waals surface area contributed by atoms with Gasteiger partial charge in [-0.3, -0.25) is 9.59 Å². The second-order valence-electron chi connectivity index (χ2n) is 7.50. The van der Waals surface area contributed by atoms with Crippen molar-refractivity contribution in [2.24, 2.45) is 5.14 Å². The average Bonchev–Trinajstić information content (AvgIpc) is 3.15. The van der Waals surface area contributed by atoms with Crippen molar-refractivity contribution in [3.63, 3.8) is 0 Å². The van der Waals surface area contributed by atoms with Gasteiger partial charge in [0.05, 0.1) is 4.90 Å². The number of esters is 1. The van der Waals surface area contributed by atoms with E-state index in [9.17, 15) is 22.8 Å². The second kappa shape index (κ2) is 9.84. The van der Waals surface area contributed by atoms with Gasteiger partial charge in [-0.05, 0) is 36.2 Å². The molecule has 11 heteroatoms. The number of aryl methyl sites for hydroxylation is 1. The zero-order valence-corrected chi connectivity index (χ0v) is 18.9. The highest BCUT2D eigenvalue weighted by molar-refractivity contribution is 7.89. The number of benzene rings is 2. The number of aromatic nitrogens is 1. The van der Waals surface area contributed by atoms with Crippen molar-refractivity contribution in [3.8, 4) is 0 Å². The smallest absolute Gasteiger partial charge is 0.329 e. The molecule has 0 unspecified atom stereocenters. The number of rotatable bonds is 8. The number of primary sulfonamides is 1. The highest BCUT2D eigenvalue weighted by Gasteiger charge is 2.24. The fraction of sp³-hybridized carbons (Fsp3) is 0.227. The van der Waals surface area contributed by atoms with E-state index < -0.39 is 40.5 Å². The number of amides is 2. The van der Waals surface area contributed by atoms with Gasteiger partial charge in [0.15, 0.2) is 6.61 Å². The number of hydrogen-bond acceptors (Lipinski definition) is 6. The predicted octanol–water partition coefficient (Wildman–Crippen LogP) is 1.35. The molecular formula is C22H24N4O6S. The van der Waals surface area contributed by atoms with Crippen molar-refractivity contribution in [2.45, 2.75) is 31.2 Å². The van der Waals surface area contributed by atoms with Crippen LogP contribution in [0, 0.1) is 6.92 Å². The molecule has 0 aliphatic heterocycles. The van der Waals surface area contributed by atoms with Crippen LogP contribution in [0.5, 0.6) is 0 Å². The molecule has 2 aromatic carbocycles. The van der Waals surface area contributed by atoms with E-state index in [-0.39, 0.29) is 17.0 Å².